The number of rotatable bonds is 2. The summed E-state index contributed by atoms with van der Waals surface area (Å²) < 4.78 is 0. The molecular weight excluding hydrogens is 288 g/mol. The van der Waals surface area contributed by atoms with Gasteiger partial charge >= 0.3 is 5.97 Å². The van der Waals surface area contributed by atoms with E-state index in [9.17, 15) is 4.79 Å². The normalized spacial score (nSPS) is 12.7. The van der Waals surface area contributed by atoms with Crippen LogP contribution in [0.2, 0.25) is 0 Å². The van der Waals surface area contributed by atoms with Gasteiger partial charge < -0.3 is 17.4 Å². The molecule has 1 aliphatic rings. The average Bonchev–Trinajstić information content (AvgIpc) is 2.58. The Balaban J connectivity index is 0.000000518. The van der Waals surface area contributed by atoms with E-state index in [1.165, 1.54) is 38.5 Å². The lowest BCUT2D eigenvalue weighted by atomic mass is 10.00. The molecule has 0 heterocycles. The molecule has 0 aromatic heterocycles. The monoisotopic (exact) mass is 316 g/mol. The summed E-state index contributed by atoms with van der Waals surface area (Å²) in [4.78, 5) is 11.0. The van der Waals surface area contributed by atoms with E-state index < -0.39 is 5.97 Å². The smallest absolute Gasteiger partial charge is 0.336 e. The molecule has 3 rings (SSSR count). The van der Waals surface area contributed by atoms with Gasteiger partial charge in [-0.25, -0.2) is 4.79 Å². The average molecular weight is 316 g/mol. The number of hydrogen-bond donors (Lipinski definition) is 3. The molecule has 23 heavy (non-hydrogen) atoms. The van der Waals surface area contributed by atoms with Gasteiger partial charge in [0.2, 0.25) is 0 Å². The van der Waals surface area contributed by atoms with E-state index in [2.05, 4.69) is 0 Å². The first-order chi connectivity index (χ1) is 10.3. The summed E-state index contributed by atoms with van der Waals surface area (Å²) in [7, 11) is 0. The Labute approximate surface area is 138 Å². The van der Waals surface area contributed by atoms with Gasteiger partial charge in [-0.1, -0.05) is 87.1 Å². The highest BCUT2D eigenvalue weighted by Crippen LogP contribution is 2.23. The minimum Gasteiger partial charge on any atom is -0.478 e. The van der Waals surface area contributed by atoms with Gasteiger partial charge in [-0.3, -0.25) is 0 Å². The minimum absolute atomic E-state index is 0. The van der Waals surface area contributed by atoms with Gasteiger partial charge in [0.25, 0.3) is 0 Å². The zero-order valence-corrected chi connectivity index (χ0v) is 13.7. The Morgan fingerprint density at radius 1 is 0.696 bits per heavy atom. The van der Waals surface area contributed by atoms with Crippen LogP contribution in [0.4, 0.5) is 0 Å². The van der Waals surface area contributed by atoms with Crippen LogP contribution in [-0.2, 0) is 0 Å². The first-order valence-corrected chi connectivity index (χ1v) is 7.67. The SMILES string of the molecule is C1CCCCC1.N.N.O=C(O)c1ccccc1-c1ccccc1. The van der Waals surface area contributed by atoms with Crippen molar-refractivity contribution in [3.8, 4) is 11.1 Å². The van der Waals surface area contributed by atoms with Gasteiger partial charge in [-0.05, 0) is 17.2 Å². The van der Waals surface area contributed by atoms with Gasteiger partial charge in [0.1, 0.15) is 0 Å². The highest BCUT2D eigenvalue weighted by molar-refractivity contribution is 5.95. The molecule has 4 heteroatoms. The zero-order chi connectivity index (χ0) is 14.9. The third-order valence-corrected chi connectivity index (χ3v) is 3.74. The molecule has 0 saturated heterocycles. The number of benzene rings is 2. The summed E-state index contributed by atoms with van der Waals surface area (Å²) in [5, 5.41) is 9.03. The molecule has 7 N–H and O–H groups in total. The maximum absolute atomic E-state index is 11.0. The molecule has 2 aromatic carbocycles. The standard InChI is InChI=1S/C13H10O2.C6H12.2H3N/c14-13(15)12-9-5-4-8-11(12)10-6-2-1-3-7-10;1-2-4-6-5-3-1;;/h1-9H,(H,14,15);1-6H2;2*1H3. The largest absolute Gasteiger partial charge is 0.478 e. The maximum Gasteiger partial charge on any atom is 0.336 e. The zero-order valence-electron chi connectivity index (χ0n) is 13.7. The fourth-order valence-electron chi connectivity index (χ4n) is 2.60. The number of carboxylic acids is 1. The number of carboxylic acid groups (broad SMARTS) is 1. The molecule has 0 atom stereocenters. The number of aromatic carboxylic acids is 1. The molecule has 1 aliphatic carbocycles. The summed E-state index contributed by atoms with van der Waals surface area (Å²) in [5.41, 5.74) is 2.02. The van der Waals surface area contributed by atoms with Crippen molar-refractivity contribution < 1.29 is 9.90 Å². The summed E-state index contributed by atoms with van der Waals surface area (Å²) in [6.45, 7) is 0. The summed E-state index contributed by atoms with van der Waals surface area (Å²) >= 11 is 0. The van der Waals surface area contributed by atoms with Crippen molar-refractivity contribution in [2.75, 3.05) is 0 Å². The molecule has 0 unspecified atom stereocenters. The van der Waals surface area contributed by atoms with Crippen LogP contribution in [0.5, 0.6) is 0 Å². The van der Waals surface area contributed by atoms with Crippen LogP contribution >= 0.6 is 0 Å². The molecule has 1 saturated carbocycles. The quantitative estimate of drug-likeness (QED) is 0.658. The van der Waals surface area contributed by atoms with Gasteiger partial charge in [-0.15, -0.1) is 0 Å². The molecule has 126 valence electrons. The molecule has 0 aliphatic heterocycles. The predicted octanol–water partition coefficient (Wildman–Crippen LogP) is 5.72. The number of hydrogen-bond acceptors (Lipinski definition) is 3. The van der Waals surface area contributed by atoms with Crippen LogP contribution in [0.1, 0.15) is 48.9 Å². The van der Waals surface area contributed by atoms with Crippen molar-refractivity contribution in [1.29, 1.82) is 0 Å². The fraction of sp³-hybridized carbons (Fsp3) is 0.316. The fourth-order valence-corrected chi connectivity index (χ4v) is 2.60. The molecule has 1 fully saturated rings. The van der Waals surface area contributed by atoms with Gasteiger partial charge in [0.05, 0.1) is 5.56 Å². The second kappa shape index (κ2) is 11.4. The lowest BCUT2D eigenvalue weighted by Crippen LogP contribution is -1.98. The summed E-state index contributed by atoms with van der Waals surface area (Å²) in [5.74, 6) is -0.894. The molecule has 0 amide bonds. The van der Waals surface area contributed by atoms with E-state index in [0.717, 1.165) is 11.1 Å². The molecular formula is C19H28N2O2. The van der Waals surface area contributed by atoms with Crippen LogP contribution in [0.3, 0.4) is 0 Å². The van der Waals surface area contributed by atoms with E-state index in [-0.39, 0.29) is 12.3 Å². The van der Waals surface area contributed by atoms with E-state index in [1.807, 2.05) is 42.5 Å². The molecule has 0 radical (unpaired) electrons. The summed E-state index contributed by atoms with van der Waals surface area (Å²) in [6, 6.07) is 16.5. The second-order valence-electron chi connectivity index (χ2n) is 5.34. The molecule has 4 nitrogen and oxygen atoms in total. The Kier molecular flexibility index (Phi) is 10.3. The van der Waals surface area contributed by atoms with Crippen molar-refractivity contribution >= 4 is 5.97 Å². The van der Waals surface area contributed by atoms with Crippen molar-refractivity contribution in [3.05, 3.63) is 60.2 Å². The van der Waals surface area contributed by atoms with Gasteiger partial charge in [-0.2, -0.15) is 0 Å². The minimum atomic E-state index is -0.894. The lowest BCUT2D eigenvalue weighted by Gasteiger charge is -2.05. The highest BCUT2D eigenvalue weighted by atomic mass is 16.4. The Hall–Kier alpha value is -2.17. The third-order valence-electron chi connectivity index (χ3n) is 3.74. The van der Waals surface area contributed by atoms with Crippen LogP contribution in [0, 0.1) is 0 Å². The first-order valence-electron chi connectivity index (χ1n) is 7.67. The van der Waals surface area contributed by atoms with E-state index in [1.54, 1.807) is 12.1 Å². The van der Waals surface area contributed by atoms with Crippen molar-refractivity contribution in [1.82, 2.24) is 12.3 Å². The van der Waals surface area contributed by atoms with Crippen LogP contribution in [0.25, 0.3) is 11.1 Å². The number of carbonyl (C=O) groups is 1. The van der Waals surface area contributed by atoms with Crippen LogP contribution in [-0.4, -0.2) is 11.1 Å². The van der Waals surface area contributed by atoms with Crippen molar-refractivity contribution in [2.45, 2.75) is 38.5 Å². The van der Waals surface area contributed by atoms with Gasteiger partial charge in [0, 0.05) is 0 Å². The van der Waals surface area contributed by atoms with Crippen LogP contribution in [0.15, 0.2) is 54.6 Å². The third kappa shape index (κ3) is 6.63. The van der Waals surface area contributed by atoms with Crippen molar-refractivity contribution in [3.63, 3.8) is 0 Å². The predicted molar refractivity (Wildman–Crippen MR) is 96.6 cm³/mol. The second-order valence-corrected chi connectivity index (χ2v) is 5.34. The van der Waals surface area contributed by atoms with E-state index >= 15 is 0 Å². The first kappa shape index (κ1) is 20.8. The lowest BCUT2D eigenvalue weighted by molar-refractivity contribution is 0.0697. The Bertz CT molecular complexity index is 555. The molecule has 0 spiro atoms. The van der Waals surface area contributed by atoms with Crippen molar-refractivity contribution in [2.24, 2.45) is 0 Å². The topological polar surface area (TPSA) is 107 Å². The molecule has 0 bridgehead atoms. The maximum atomic E-state index is 11.0. The Morgan fingerprint density at radius 2 is 1.13 bits per heavy atom. The van der Waals surface area contributed by atoms with E-state index in [0.29, 0.717) is 5.56 Å². The van der Waals surface area contributed by atoms with Crippen LogP contribution < -0.4 is 12.3 Å². The van der Waals surface area contributed by atoms with E-state index in [4.69, 9.17) is 5.11 Å². The molecule has 2 aromatic rings. The highest BCUT2D eigenvalue weighted by Gasteiger charge is 2.09. The van der Waals surface area contributed by atoms with Gasteiger partial charge in [0.15, 0.2) is 0 Å². The Morgan fingerprint density at radius 3 is 1.61 bits per heavy atom. The summed E-state index contributed by atoms with van der Waals surface area (Å²) in [6.07, 6.45) is 9.00.